The van der Waals surface area contributed by atoms with E-state index in [9.17, 15) is 0 Å². The largest absolute Gasteiger partial charge is 0.491 e. The Morgan fingerprint density at radius 2 is 1.59 bits per heavy atom. The predicted octanol–water partition coefficient (Wildman–Crippen LogP) is 4.45. The van der Waals surface area contributed by atoms with E-state index in [-0.39, 0.29) is 6.10 Å². The van der Waals surface area contributed by atoms with E-state index in [0.29, 0.717) is 0 Å². The summed E-state index contributed by atoms with van der Waals surface area (Å²) < 4.78 is 5.81. The van der Waals surface area contributed by atoms with Gasteiger partial charge in [-0.15, -0.1) is 0 Å². The highest BCUT2D eigenvalue weighted by molar-refractivity contribution is 5.69. The summed E-state index contributed by atoms with van der Waals surface area (Å²) in [5.74, 6) is 0.973. The molecule has 0 bridgehead atoms. The lowest BCUT2D eigenvalue weighted by Gasteiger charge is -2.15. The minimum Gasteiger partial charge on any atom is -0.491 e. The summed E-state index contributed by atoms with van der Waals surface area (Å²) in [6.07, 6.45) is 0.208. The highest BCUT2D eigenvalue weighted by Crippen LogP contribution is 2.30. The molecule has 1 heteroatoms. The predicted molar refractivity (Wildman–Crippen MR) is 72.4 cm³/mol. The third-order valence-corrected chi connectivity index (χ3v) is 2.73. The van der Waals surface area contributed by atoms with Gasteiger partial charge >= 0.3 is 0 Å². The molecule has 2 aromatic rings. The van der Waals surface area contributed by atoms with Gasteiger partial charge in [0, 0.05) is 0 Å². The van der Waals surface area contributed by atoms with Gasteiger partial charge in [-0.3, -0.25) is 0 Å². The van der Waals surface area contributed by atoms with Crippen molar-refractivity contribution < 1.29 is 4.74 Å². The van der Waals surface area contributed by atoms with Crippen LogP contribution in [-0.2, 0) is 0 Å². The first-order valence-electron chi connectivity index (χ1n) is 6.00. The third-order valence-electron chi connectivity index (χ3n) is 2.73. The molecule has 0 saturated heterocycles. The first-order chi connectivity index (χ1) is 8.18. The van der Waals surface area contributed by atoms with Crippen LogP contribution in [-0.4, -0.2) is 6.10 Å². The van der Waals surface area contributed by atoms with Crippen LogP contribution in [0.1, 0.15) is 19.4 Å². The van der Waals surface area contributed by atoms with Crippen molar-refractivity contribution in [2.45, 2.75) is 26.9 Å². The summed E-state index contributed by atoms with van der Waals surface area (Å²) in [6, 6.07) is 16.6. The van der Waals surface area contributed by atoms with E-state index in [1.54, 1.807) is 0 Å². The van der Waals surface area contributed by atoms with Crippen LogP contribution >= 0.6 is 0 Å². The minimum absolute atomic E-state index is 0.208. The van der Waals surface area contributed by atoms with Crippen molar-refractivity contribution in [3.63, 3.8) is 0 Å². The summed E-state index contributed by atoms with van der Waals surface area (Å²) in [7, 11) is 0. The molecule has 88 valence electrons. The highest BCUT2D eigenvalue weighted by atomic mass is 16.5. The van der Waals surface area contributed by atoms with Gasteiger partial charge < -0.3 is 4.74 Å². The first-order valence-corrected chi connectivity index (χ1v) is 6.00. The lowest BCUT2D eigenvalue weighted by molar-refractivity contribution is 0.241. The van der Waals surface area contributed by atoms with Gasteiger partial charge in [0.05, 0.1) is 6.10 Å². The maximum Gasteiger partial charge on any atom is 0.123 e. The van der Waals surface area contributed by atoms with Crippen LogP contribution in [0.5, 0.6) is 5.75 Å². The van der Waals surface area contributed by atoms with Gasteiger partial charge in [-0.2, -0.15) is 0 Å². The second kappa shape index (κ2) is 5.05. The molecule has 0 atom stereocenters. The van der Waals surface area contributed by atoms with Crippen LogP contribution in [0.3, 0.4) is 0 Å². The maximum atomic E-state index is 5.81. The zero-order chi connectivity index (χ0) is 12.3. The fraction of sp³-hybridized carbons (Fsp3) is 0.250. The van der Waals surface area contributed by atoms with Gasteiger partial charge in [-0.1, -0.05) is 42.5 Å². The van der Waals surface area contributed by atoms with Gasteiger partial charge in [0.15, 0.2) is 0 Å². The van der Waals surface area contributed by atoms with Crippen LogP contribution in [0.25, 0.3) is 11.1 Å². The zero-order valence-electron chi connectivity index (χ0n) is 10.6. The molecule has 2 rings (SSSR count). The molecule has 0 saturated carbocycles. The molecule has 0 heterocycles. The van der Waals surface area contributed by atoms with Gasteiger partial charge in [-0.05, 0) is 43.5 Å². The molecule has 0 aromatic heterocycles. The van der Waals surface area contributed by atoms with E-state index >= 15 is 0 Å². The van der Waals surface area contributed by atoms with Crippen LogP contribution in [0.4, 0.5) is 0 Å². The second-order valence-electron chi connectivity index (χ2n) is 4.46. The van der Waals surface area contributed by atoms with E-state index in [1.807, 2.05) is 18.2 Å². The Morgan fingerprint density at radius 1 is 0.882 bits per heavy atom. The Balaban J connectivity index is 2.43. The van der Waals surface area contributed by atoms with Crippen molar-refractivity contribution in [2.75, 3.05) is 0 Å². The fourth-order valence-electron chi connectivity index (χ4n) is 1.93. The highest BCUT2D eigenvalue weighted by Gasteiger charge is 2.07. The van der Waals surface area contributed by atoms with E-state index < -0.39 is 0 Å². The average molecular weight is 226 g/mol. The Bertz CT molecular complexity index is 486. The molecule has 0 fully saturated rings. The molecule has 0 aliphatic rings. The molecule has 2 aromatic carbocycles. The van der Waals surface area contributed by atoms with Crippen LogP contribution in [0, 0.1) is 6.92 Å². The quantitative estimate of drug-likeness (QED) is 0.751. The second-order valence-corrected chi connectivity index (χ2v) is 4.46. The molecule has 0 amide bonds. The van der Waals surface area contributed by atoms with Crippen molar-refractivity contribution >= 4 is 0 Å². The van der Waals surface area contributed by atoms with E-state index in [2.05, 4.69) is 51.1 Å². The van der Waals surface area contributed by atoms with Gasteiger partial charge in [0.2, 0.25) is 0 Å². The molecule has 0 spiro atoms. The van der Waals surface area contributed by atoms with Crippen molar-refractivity contribution in [1.29, 1.82) is 0 Å². The van der Waals surface area contributed by atoms with Crippen molar-refractivity contribution in [1.82, 2.24) is 0 Å². The Labute approximate surface area is 103 Å². The van der Waals surface area contributed by atoms with Crippen molar-refractivity contribution in [2.24, 2.45) is 0 Å². The summed E-state index contributed by atoms with van der Waals surface area (Å²) in [4.78, 5) is 0. The van der Waals surface area contributed by atoms with E-state index in [0.717, 1.165) is 5.75 Å². The standard InChI is InChI=1S/C16H18O/c1-12(2)17-16-11-7-10-15(13(16)3)14-8-5-4-6-9-14/h4-12H,1-3H3. The molecule has 0 aliphatic heterocycles. The maximum absolute atomic E-state index is 5.81. The van der Waals surface area contributed by atoms with E-state index in [4.69, 9.17) is 4.74 Å². The third kappa shape index (κ3) is 2.68. The average Bonchev–Trinajstić information content (AvgIpc) is 2.32. The number of ether oxygens (including phenoxy) is 1. The number of benzene rings is 2. The van der Waals surface area contributed by atoms with Crippen LogP contribution in [0.15, 0.2) is 48.5 Å². The monoisotopic (exact) mass is 226 g/mol. The van der Waals surface area contributed by atoms with Crippen LogP contribution in [0.2, 0.25) is 0 Å². The topological polar surface area (TPSA) is 9.23 Å². The summed E-state index contributed by atoms with van der Waals surface area (Å²) >= 11 is 0. The van der Waals surface area contributed by atoms with Gasteiger partial charge in [0.25, 0.3) is 0 Å². The molecule has 0 aliphatic carbocycles. The Morgan fingerprint density at radius 3 is 2.24 bits per heavy atom. The van der Waals surface area contributed by atoms with Crippen LogP contribution < -0.4 is 4.74 Å². The SMILES string of the molecule is Cc1c(OC(C)C)cccc1-c1ccccc1. The summed E-state index contributed by atoms with van der Waals surface area (Å²) in [6.45, 7) is 6.21. The number of hydrogen-bond acceptors (Lipinski definition) is 1. The molecule has 1 nitrogen and oxygen atoms in total. The first kappa shape index (κ1) is 11.7. The molecule has 17 heavy (non-hydrogen) atoms. The normalized spacial score (nSPS) is 10.6. The smallest absolute Gasteiger partial charge is 0.123 e. The molecular formula is C16H18O. The van der Waals surface area contributed by atoms with Crippen molar-refractivity contribution in [3.8, 4) is 16.9 Å². The summed E-state index contributed by atoms with van der Waals surface area (Å²) in [5.41, 5.74) is 3.68. The number of rotatable bonds is 3. The lowest BCUT2D eigenvalue weighted by atomic mass is 10.00. The fourth-order valence-corrected chi connectivity index (χ4v) is 1.93. The van der Waals surface area contributed by atoms with E-state index in [1.165, 1.54) is 16.7 Å². The minimum atomic E-state index is 0.208. The molecule has 0 unspecified atom stereocenters. The molecular weight excluding hydrogens is 208 g/mol. The summed E-state index contributed by atoms with van der Waals surface area (Å²) in [5, 5.41) is 0. The molecule has 0 N–H and O–H groups in total. The number of hydrogen-bond donors (Lipinski definition) is 0. The van der Waals surface area contributed by atoms with Gasteiger partial charge in [0.1, 0.15) is 5.75 Å². The zero-order valence-corrected chi connectivity index (χ0v) is 10.6. The Kier molecular flexibility index (Phi) is 3.48. The Hall–Kier alpha value is -1.76. The van der Waals surface area contributed by atoms with Crippen molar-refractivity contribution in [3.05, 3.63) is 54.1 Å². The van der Waals surface area contributed by atoms with Gasteiger partial charge in [-0.25, -0.2) is 0 Å². The lowest BCUT2D eigenvalue weighted by Crippen LogP contribution is -2.06. The molecule has 0 radical (unpaired) electrons.